The molecule has 0 aliphatic heterocycles. The van der Waals surface area contributed by atoms with Crippen LogP contribution >= 0.6 is 23.2 Å². The number of benzene rings is 2. The number of hydrogen-bond donors (Lipinski definition) is 2. The Morgan fingerprint density at radius 3 is 2.20 bits per heavy atom. The average molecular weight is 382 g/mol. The number of hydrogen-bond acceptors (Lipinski definition) is 4. The van der Waals surface area contributed by atoms with Crippen LogP contribution in [0.5, 0.6) is 0 Å². The smallest absolute Gasteiger partial charge is 0.334 e. The second kappa shape index (κ2) is 8.23. The highest BCUT2D eigenvalue weighted by molar-refractivity contribution is 6.39. The highest BCUT2D eigenvalue weighted by atomic mass is 35.5. The molecule has 2 rings (SSSR count). The van der Waals surface area contributed by atoms with Gasteiger partial charge in [0.25, 0.3) is 0 Å². The zero-order valence-electron chi connectivity index (χ0n) is 13.5. The summed E-state index contributed by atoms with van der Waals surface area (Å²) in [5, 5.41) is 13.5. The summed E-state index contributed by atoms with van der Waals surface area (Å²) in [6.07, 6.45) is -0.00647. The maximum absolute atomic E-state index is 12.2. The lowest BCUT2D eigenvalue weighted by Gasteiger charge is -2.32. The summed E-state index contributed by atoms with van der Waals surface area (Å²) in [4.78, 5) is 23.3. The molecule has 0 fully saturated rings. The van der Waals surface area contributed by atoms with Crippen molar-refractivity contribution < 1.29 is 19.4 Å². The van der Waals surface area contributed by atoms with E-state index in [2.05, 4.69) is 5.32 Å². The van der Waals surface area contributed by atoms with Gasteiger partial charge >= 0.3 is 11.9 Å². The van der Waals surface area contributed by atoms with E-state index in [1.165, 1.54) is 6.92 Å². The van der Waals surface area contributed by atoms with Crippen LogP contribution in [0.1, 0.15) is 18.9 Å². The van der Waals surface area contributed by atoms with Crippen LogP contribution in [0.3, 0.4) is 0 Å². The van der Waals surface area contributed by atoms with Gasteiger partial charge in [0.1, 0.15) is 0 Å². The largest absolute Gasteiger partial charge is 0.479 e. The minimum absolute atomic E-state index is 0.00647. The van der Waals surface area contributed by atoms with Gasteiger partial charge in [-0.15, -0.1) is 0 Å². The highest BCUT2D eigenvalue weighted by Gasteiger charge is 2.41. The number of rotatable bonds is 7. The van der Waals surface area contributed by atoms with Gasteiger partial charge < -0.3 is 15.2 Å². The van der Waals surface area contributed by atoms with Gasteiger partial charge in [-0.2, -0.15) is 0 Å². The van der Waals surface area contributed by atoms with E-state index in [0.717, 1.165) is 0 Å². The van der Waals surface area contributed by atoms with Crippen LogP contribution in [0.15, 0.2) is 48.5 Å². The number of halogens is 2. The zero-order valence-corrected chi connectivity index (χ0v) is 15.0. The molecule has 0 aliphatic carbocycles. The van der Waals surface area contributed by atoms with E-state index in [-0.39, 0.29) is 13.0 Å². The van der Waals surface area contributed by atoms with Crippen molar-refractivity contribution in [3.8, 4) is 0 Å². The number of ether oxygens (including phenoxy) is 1. The minimum Gasteiger partial charge on any atom is -0.479 e. The maximum atomic E-state index is 12.2. The molecule has 0 saturated heterocycles. The third-order valence-corrected chi connectivity index (χ3v) is 4.35. The topological polar surface area (TPSA) is 75.6 Å². The quantitative estimate of drug-likeness (QED) is 0.697. The molecule has 7 heteroatoms. The molecule has 2 aromatic rings. The molecule has 2 N–H and O–H groups in total. The molecule has 0 amide bonds. The van der Waals surface area contributed by atoms with Gasteiger partial charge in [0.2, 0.25) is 0 Å². The van der Waals surface area contributed by atoms with E-state index in [9.17, 15) is 14.7 Å². The van der Waals surface area contributed by atoms with E-state index < -0.39 is 17.5 Å². The fourth-order valence-corrected chi connectivity index (χ4v) is 2.96. The van der Waals surface area contributed by atoms with E-state index in [1.54, 1.807) is 48.5 Å². The van der Waals surface area contributed by atoms with E-state index in [0.29, 0.717) is 21.3 Å². The molecular weight excluding hydrogens is 365 g/mol. The molecule has 0 heterocycles. The van der Waals surface area contributed by atoms with Crippen molar-refractivity contribution >= 4 is 40.8 Å². The Labute approximate surface area is 155 Å². The van der Waals surface area contributed by atoms with Crippen LogP contribution in [0.2, 0.25) is 10.0 Å². The van der Waals surface area contributed by atoms with Crippen molar-refractivity contribution in [1.82, 2.24) is 0 Å². The highest BCUT2D eigenvalue weighted by Crippen LogP contribution is 2.37. The summed E-state index contributed by atoms with van der Waals surface area (Å²) in [7, 11) is 0. The number of carbonyl (C=O) groups is 2. The molecule has 0 aliphatic rings. The first-order valence-electron chi connectivity index (χ1n) is 7.51. The van der Waals surface area contributed by atoms with E-state index in [4.69, 9.17) is 27.9 Å². The molecule has 1 atom stereocenters. The number of aliphatic carboxylic acids is 1. The Kier molecular flexibility index (Phi) is 6.28. The Morgan fingerprint density at radius 1 is 1.08 bits per heavy atom. The van der Waals surface area contributed by atoms with Gasteiger partial charge in [-0.05, 0) is 17.7 Å². The fraction of sp³-hybridized carbons (Fsp3) is 0.222. The van der Waals surface area contributed by atoms with Crippen LogP contribution in [0.4, 0.5) is 5.69 Å². The van der Waals surface area contributed by atoms with Gasteiger partial charge in [0.05, 0.1) is 22.3 Å². The third kappa shape index (κ3) is 4.44. The molecule has 0 saturated carbocycles. The first kappa shape index (κ1) is 19.1. The first-order chi connectivity index (χ1) is 11.9. The molecule has 1 unspecified atom stereocenters. The zero-order chi connectivity index (χ0) is 18.4. The lowest BCUT2D eigenvalue weighted by atomic mass is 9.86. The summed E-state index contributed by atoms with van der Waals surface area (Å²) in [5.41, 5.74) is -0.767. The fourth-order valence-electron chi connectivity index (χ4n) is 2.46. The number of carbonyl (C=O) groups excluding carboxylic acids is 1. The number of anilines is 1. The second-order valence-corrected chi connectivity index (χ2v) is 6.20. The van der Waals surface area contributed by atoms with Crippen LogP contribution in [0.25, 0.3) is 0 Å². The molecule has 25 heavy (non-hydrogen) atoms. The molecule has 0 spiro atoms. The minimum atomic E-state index is -1.56. The lowest BCUT2D eigenvalue weighted by Crippen LogP contribution is -2.44. The van der Waals surface area contributed by atoms with Crippen molar-refractivity contribution in [2.45, 2.75) is 18.9 Å². The van der Waals surface area contributed by atoms with E-state index in [1.807, 2.05) is 0 Å². The predicted octanol–water partition coefficient (Wildman–Crippen LogP) is 4.34. The Bertz CT molecular complexity index is 747. The summed E-state index contributed by atoms with van der Waals surface area (Å²) >= 11 is 12.4. The van der Waals surface area contributed by atoms with E-state index >= 15 is 0 Å². The summed E-state index contributed by atoms with van der Waals surface area (Å²) in [5.74, 6) is -1.62. The maximum Gasteiger partial charge on any atom is 0.334 e. The van der Waals surface area contributed by atoms with Crippen molar-refractivity contribution in [1.29, 1.82) is 0 Å². The number of carboxylic acids is 1. The number of para-hydroxylation sites is 1. The van der Waals surface area contributed by atoms with Gasteiger partial charge in [-0.1, -0.05) is 59.6 Å². The summed E-state index contributed by atoms with van der Waals surface area (Å²) in [6, 6.07) is 13.5. The lowest BCUT2D eigenvalue weighted by molar-refractivity contribution is -0.147. The molecule has 5 nitrogen and oxygen atoms in total. The van der Waals surface area contributed by atoms with Crippen molar-refractivity contribution in [2.75, 3.05) is 11.9 Å². The summed E-state index contributed by atoms with van der Waals surface area (Å²) < 4.78 is 4.96. The number of carboxylic acid groups (broad SMARTS) is 1. The molecular formula is C18H17Cl2NO4. The average Bonchev–Trinajstić information content (AvgIpc) is 2.57. The van der Waals surface area contributed by atoms with Crippen molar-refractivity contribution in [3.63, 3.8) is 0 Å². The van der Waals surface area contributed by atoms with Gasteiger partial charge in [-0.3, -0.25) is 4.79 Å². The van der Waals surface area contributed by atoms with Crippen LogP contribution in [0, 0.1) is 0 Å². The predicted molar refractivity (Wildman–Crippen MR) is 97.1 cm³/mol. The Hall–Kier alpha value is -2.24. The first-order valence-corrected chi connectivity index (χ1v) is 8.27. The van der Waals surface area contributed by atoms with Crippen LogP contribution in [-0.2, 0) is 19.9 Å². The normalized spacial score (nSPS) is 12.9. The van der Waals surface area contributed by atoms with Crippen molar-refractivity contribution in [2.24, 2.45) is 0 Å². The van der Waals surface area contributed by atoms with Gasteiger partial charge in [0.15, 0.2) is 5.54 Å². The van der Waals surface area contributed by atoms with Crippen LogP contribution < -0.4 is 5.32 Å². The molecule has 0 bridgehead atoms. The standard InChI is InChI=1S/C18H17Cl2NO4/c1-12(22)25-11-10-18(17(23)24,13-6-3-2-4-7-13)21-16-14(19)8-5-9-15(16)20/h2-9,21H,10-11H2,1H3,(H,23,24). The number of esters is 1. The Morgan fingerprint density at radius 2 is 1.68 bits per heavy atom. The third-order valence-electron chi connectivity index (χ3n) is 3.72. The molecule has 2 aromatic carbocycles. The number of nitrogens with one attached hydrogen (secondary N) is 1. The molecule has 0 radical (unpaired) electrons. The molecule has 0 aromatic heterocycles. The SMILES string of the molecule is CC(=O)OCCC(Nc1c(Cl)cccc1Cl)(C(=O)O)c1ccccc1. The van der Waals surface area contributed by atoms with Crippen LogP contribution in [-0.4, -0.2) is 23.7 Å². The molecule has 132 valence electrons. The van der Waals surface area contributed by atoms with Gasteiger partial charge in [-0.25, -0.2) is 4.79 Å². The van der Waals surface area contributed by atoms with Crippen molar-refractivity contribution in [3.05, 3.63) is 64.1 Å². The van der Waals surface area contributed by atoms with Gasteiger partial charge in [0, 0.05) is 13.3 Å². The second-order valence-electron chi connectivity index (χ2n) is 5.39. The Balaban J connectivity index is 2.49. The monoisotopic (exact) mass is 381 g/mol. The summed E-state index contributed by atoms with van der Waals surface area (Å²) in [6.45, 7) is 1.19.